The van der Waals surface area contributed by atoms with Crippen molar-refractivity contribution >= 4 is 29.3 Å². The van der Waals surface area contributed by atoms with E-state index in [-0.39, 0.29) is 11.1 Å². The highest BCUT2D eigenvalue weighted by Gasteiger charge is 2.64. The number of benzene rings is 1. The van der Waals surface area contributed by atoms with Crippen molar-refractivity contribution in [3.05, 3.63) is 51.8 Å². The molecule has 170 valence electrons. The number of nitrogens with zero attached hydrogens (tertiary/aromatic N) is 1. The summed E-state index contributed by atoms with van der Waals surface area (Å²) in [6, 6.07) is 4.84. The summed E-state index contributed by atoms with van der Waals surface area (Å²) in [5, 5.41) is 63.5. The van der Waals surface area contributed by atoms with Crippen LogP contribution in [-0.2, 0) is 14.4 Å². The minimum atomic E-state index is -2.87. The predicted molar refractivity (Wildman–Crippen MR) is 112 cm³/mol. The fraction of sp³-hybridized carbons (Fsp3) is 0.304. The molecule has 5 atom stereocenters. The summed E-state index contributed by atoms with van der Waals surface area (Å²) in [7, 11) is 0. The standard InChI is InChI=1S/C23H20N2O8/c1-8-10-5-4-9(3-2-6-24)17(27)14(10)19(29)16-13(8)18(28)11-7-12(26)15(22(25)32)20(30)23(11,33)21(16)31/h2-5,8,11,13,18,27-30,33H,7H2,1H3,(H2,25,32)/b3-2+/t8-,11+,13+,18+,23+/m0/s1. The Morgan fingerprint density at radius 2 is 1.94 bits per heavy atom. The smallest absolute Gasteiger partial charge is 0.255 e. The number of ketones is 2. The highest BCUT2D eigenvalue weighted by molar-refractivity contribution is 6.23. The van der Waals surface area contributed by atoms with E-state index in [1.165, 1.54) is 12.1 Å². The number of phenolic OH excluding ortho intramolecular Hbond substituents is 1. The van der Waals surface area contributed by atoms with Gasteiger partial charge in [0.15, 0.2) is 11.4 Å². The Balaban J connectivity index is 2.00. The molecule has 1 aromatic rings. The molecule has 10 nitrogen and oxygen atoms in total. The van der Waals surface area contributed by atoms with Gasteiger partial charge in [-0.1, -0.05) is 19.1 Å². The van der Waals surface area contributed by atoms with Crippen LogP contribution in [0.3, 0.4) is 0 Å². The number of hydrogen-bond acceptors (Lipinski definition) is 9. The van der Waals surface area contributed by atoms with Gasteiger partial charge in [0.1, 0.15) is 22.8 Å². The van der Waals surface area contributed by atoms with Gasteiger partial charge in [-0.25, -0.2) is 0 Å². The number of nitrogens with two attached hydrogens (primary N) is 1. The van der Waals surface area contributed by atoms with Crippen molar-refractivity contribution in [2.24, 2.45) is 17.6 Å². The van der Waals surface area contributed by atoms with E-state index < -0.39 is 81.8 Å². The molecule has 7 N–H and O–H groups in total. The second-order valence-corrected chi connectivity index (χ2v) is 8.41. The Hall–Kier alpha value is -3.94. The number of hydrogen-bond donors (Lipinski definition) is 6. The van der Waals surface area contributed by atoms with Gasteiger partial charge >= 0.3 is 0 Å². The molecule has 1 fully saturated rings. The third kappa shape index (κ3) is 2.76. The van der Waals surface area contributed by atoms with Gasteiger partial charge in [-0.2, -0.15) is 5.26 Å². The Morgan fingerprint density at radius 1 is 1.27 bits per heavy atom. The first-order chi connectivity index (χ1) is 15.5. The van der Waals surface area contributed by atoms with Gasteiger partial charge in [0.2, 0.25) is 5.78 Å². The van der Waals surface area contributed by atoms with Crippen molar-refractivity contribution in [1.82, 2.24) is 0 Å². The van der Waals surface area contributed by atoms with Gasteiger partial charge in [-0.3, -0.25) is 14.4 Å². The van der Waals surface area contributed by atoms with E-state index in [0.717, 1.165) is 6.08 Å². The molecule has 1 amide bonds. The molecule has 0 saturated heterocycles. The van der Waals surface area contributed by atoms with Crippen LogP contribution >= 0.6 is 0 Å². The number of carbonyl (C=O) groups excluding carboxylic acids is 3. The molecular weight excluding hydrogens is 432 g/mol. The minimum Gasteiger partial charge on any atom is -0.508 e. The molecular formula is C23H20N2O8. The average Bonchev–Trinajstić information content (AvgIpc) is 2.75. The number of carbonyl (C=O) groups is 3. The molecule has 1 aromatic carbocycles. The molecule has 0 bridgehead atoms. The lowest BCUT2D eigenvalue weighted by atomic mass is 9.55. The number of allylic oxidation sites excluding steroid dienone is 1. The SMILES string of the molecule is C[C@H]1c2ccc(/C=C/C#N)c(O)c2C(O)=C2C(=O)[C@]3(O)C(O)=C(C(N)=O)C(=O)C[C@@H]3[C@@H](O)[C@@H]21. The first-order valence-corrected chi connectivity index (χ1v) is 10.1. The zero-order valence-electron chi connectivity index (χ0n) is 17.3. The molecule has 0 spiro atoms. The van der Waals surface area contributed by atoms with E-state index in [4.69, 9.17) is 11.0 Å². The molecule has 3 aliphatic rings. The molecule has 0 heterocycles. The summed E-state index contributed by atoms with van der Waals surface area (Å²) in [6.45, 7) is 1.64. The first-order valence-electron chi connectivity index (χ1n) is 10.1. The number of rotatable bonds is 2. The van der Waals surface area contributed by atoms with E-state index in [9.17, 15) is 39.9 Å². The Morgan fingerprint density at radius 3 is 2.55 bits per heavy atom. The van der Waals surface area contributed by atoms with Crippen LogP contribution in [0, 0.1) is 23.2 Å². The molecule has 4 rings (SSSR count). The van der Waals surface area contributed by atoms with Crippen LogP contribution in [0.4, 0.5) is 0 Å². The van der Waals surface area contributed by atoms with Crippen molar-refractivity contribution in [2.75, 3.05) is 0 Å². The lowest BCUT2D eigenvalue weighted by Gasteiger charge is -2.50. The van der Waals surface area contributed by atoms with E-state index in [1.807, 2.05) is 0 Å². The number of amides is 1. The maximum atomic E-state index is 13.5. The van der Waals surface area contributed by atoms with Crippen LogP contribution in [0.15, 0.2) is 35.1 Å². The maximum Gasteiger partial charge on any atom is 0.255 e. The van der Waals surface area contributed by atoms with Crippen molar-refractivity contribution < 1.29 is 39.9 Å². The van der Waals surface area contributed by atoms with Gasteiger partial charge in [0, 0.05) is 35.5 Å². The van der Waals surface area contributed by atoms with Gasteiger partial charge in [0.05, 0.1) is 17.7 Å². The second kappa shape index (κ2) is 7.30. The van der Waals surface area contributed by atoms with Crippen LogP contribution in [0.25, 0.3) is 11.8 Å². The van der Waals surface area contributed by atoms with E-state index >= 15 is 0 Å². The third-order valence-electron chi connectivity index (χ3n) is 6.87. The zero-order chi connectivity index (χ0) is 24.4. The normalized spacial score (nSPS) is 31.2. The van der Waals surface area contributed by atoms with Crippen LogP contribution in [0.5, 0.6) is 5.75 Å². The summed E-state index contributed by atoms with van der Waals surface area (Å²) >= 11 is 0. The second-order valence-electron chi connectivity index (χ2n) is 8.41. The van der Waals surface area contributed by atoms with Crippen LogP contribution in [0.1, 0.15) is 36.0 Å². The fourth-order valence-corrected chi connectivity index (χ4v) is 5.28. The number of phenols is 1. The molecule has 3 aliphatic carbocycles. The molecule has 0 unspecified atom stereocenters. The predicted octanol–water partition coefficient (Wildman–Crippen LogP) is 0.492. The summed E-state index contributed by atoms with van der Waals surface area (Å²) in [6.07, 6.45) is 0.204. The van der Waals surface area contributed by atoms with Crippen molar-refractivity contribution in [1.29, 1.82) is 5.26 Å². The number of aliphatic hydroxyl groups excluding tert-OH is 3. The number of aliphatic hydroxyl groups is 4. The van der Waals surface area contributed by atoms with E-state index in [2.05, 4.69) is 0 Å². The summed E-state index contributed by atoms with van der Waals surface area (Å²) < 4.78 is 0. The van der Waals surface area contributed by atoms with Gasteiger partial charge in [0.25, 0.3) is 5.91 Å². The van der Waals surface area contributed by atoms with Gasteiger partial charge in [-0.15, -0.1) is 0 Å². The van der Waals surface area contributed by atoms with Crippen LogP contribution < -0.4 is 5.73 Å². The number of nitriles is 1. The number of Topliss-reactive ketones (excluding diaryl/α,β-unsaturated/α-hetero) is 2. The van der Waals surface area contributed by atoms with Crippen molar-refractivity contribution in [3.63, 3.8) is 0 Å². The van der Waals surface area contributed by atoms with Crippen molar-refractivity contribution in [3.8, 4) is 11.8 Å². The monoisotopic (exact) mass is 452 g/mol. The fourth-order valence-electron chi connectivity index (χ4n) is 5.28. The first kappa shape index (κ1) is 22.3. The number of primary amides is 1. The Bertz CT molecular complexity index is 1270. The molecule has 0 radical (unpaired) electrons. The summed E-state index contributed by atoms with van der Waals surface area (Å²) in [5.74, 6) is -9.13. The highest BCUT2D eigenvalue weighted by Crippen LogP contribution is 2.55. The number of aromatic hydroxyl groups is 1. The van der Waals surface area contributed by atoms with Crippen molar-refractivity contribution in [2.45, 2.75) is 31.0 Å². The quantitative estimate of drug-likeness (QED) is 0.273. The van der Waals surface area contributed by atoms with Crippen LogP contribution in [0.2, 0.25) is 0 Å². The Labute approximate surface area is 187 Å². The summed E-state index contributed by atoms with van der Waals surface area (Å²) in [4.78, 5) is 37.6. The van der Waals surface area contributed by atoms with Gasteiger partial charge < -0.3 is 31.3 Å². The van der Waals surface area contributed by atoms with E-state index in [1.54, 1.807) is 19.1 Å². The van der Waals surface area contributed by atoms with Gasteiger partial charge in [-0.05, 0) is 17.6 Å². The minimum absolute atomic E-state index is 0.123. The highest BCUT2D eigenvalue weighted by atomic mass is 16.4. The summed E-state index contributed by atoms with van der Waals surface area (Å²) in [5.41, 5.74) is 1.32. The zero-order valence-corrected chi connectivity index (χ0v) is 17.3. The lowest BCUT2D eigenvalue weighted by Crippen LogP contribution is -2.63. The topological polar surface area (TPSA) is 202 Å². The molecule has 0 aliphatic heterocycles. The Kier molecular flexibility index (Phi) is 4.92. The maximum absolute atomic E-state index is 13.5. The molecule has 33 heavy (non-hydrogen) atoms. The van der Waals surface area contributed by atoms with E-state index in [0.29, 0.717) is 5.56 Å². The van der Waals surface area contributed by atoms with Crippen LogP contribution in [-0.4, -0.2) is 54.7 Å². The third-order valence-corrected chi connectivity index (χ3v) is 6.87. The molecule has 1 saturated carbocycles. The lowest BCUT2D eigenvalue weighted by molar-refractivity contribution is -0.160. The average molecular weight is 452 g/mol. The molecule has 10 heteroatoms. The molecule has 0 aromatic heterocycles. The largest absolute Gasteiger partial charge is 0.508 e. The number of fused-ring (bicyclic) bond motifs is 3.